The molecule has 0 radical (unpaired) electrons. The maximum absolute atomic E-state index is 12.4. The van der Waals surface area contributed by atoms with Crippen molar-refractivity contribution in [2.24, 2.45) is 5.92 Å². The lowest BCUT2D eigenvalue weighted by Crippen LogP contribution is -2.41. The van der Waals surface area contributed by atoms with E-state index < -0.39 is 0 Å². The third kappa shape index (κ3) is 4.19. The summed E-state index contributed by atoms with van der Waals surface area (Å²) in [7, 11) is 0. The van der Waals surface area contributed by atoms with Gasteiger partial charge in [0.1, 0.15) is 11.1 Å². The Labute approximate surface area is 159 Å². The molecule has 1 fully saturated rings. The fourth-order valence-corrected chi connectivity index (χ4v) is 4.49. The zero-order chi connectivity index (χ0) is 18.7. The van der Waals surface area contributed by atoms with E-state index in [0.717, 1.165) is 28.5 Å². The zero-order valence-corrected chi connectivity index (χ0v) is 16.4. The van der Waals surface area contributed by atoms with Gasteiger partial charge in [-0.2, -0.15) is 5.26 Å². The summed E-state index contributed by atoms with van der Waals surface area (Å²) in [5.41, 5.74) is 3.68. The number of nitrogens with one attached hydrogen (secondary N) is 1. The number of amides is 1. The molecule has 4 nitrogen and oxygen atoms in total. The van der Waals surface area contributed by atoms with Crippen molar-refractivity contribution in [3.8, 4) is 6.07 Å². The number of fused-ring (bicyclic) bond motifs is 1. The van der Waals surface area contributed by atoms with E-state index in [-0.39, 0.29) is 11.9 Å². The minimum Gasteiger partial charge on any atom is -0.352 e. The van der Waals surface area contributed by atoms with E-state index in [1.165, 1.54) is 31.0 Å². The molecule has 136 valence electrons. The predicted molar refractivity (Wildman–Crippen MR) is 106 cm³/mol. The molecular weight excluding hydrogens is 342 g/mol. The van der Waals surface area contributed by atoms with E-state index in [2.05, 4.69) is 29.4 Å². The molecular formula is C21H25N3OS. The van der Waals surface area contributed by atoms with Gasteiger partial charge in [-0.3, -0.25) is 4.79 Å². The lowest BCUT2D eigenvalue weighted by atomic mass is 9.86. The summed E-state index contributed by atoms with van der Waals surface area (Å²) in [5, 5.41) is 14.3. The Morgan fingerprint density at radius 1 is 1.31 bits per heavy atom. The first-order valence-corrected chi connectivity index (χ1v) is 10.2. The van der Waals surface area contributed by atoms with Gasteiger partial charge < -0.3 is 5.32 Å². The van der Waals surface area contributed by atoms with Gasteiger partial charge in [-0.05, 0) is 55.9 Å². The summed E-state index contributed by atoms with van der Waals surface area (Å²) >= 11 is 1.35. The number of thioether (sulfide) groups is 1. The minimum absolute atomic E-state index is 0.0277. The molecule has 1 saturated carbocycles. The monoisotopic (exact) mass is 367 g/mol. The van der Waals surface area contributed by atoms with Crippen molar-refractivity contribution in [3.63, 3.8) is 0 Å². The van der Waals surface area contributed by atoms with Crippen LogP contribution in [-0.4, -0.2) is 22.7 Å². The fourth-order valence-electron chi connectivity index (χ4n) is 3.72. The minimum atomic E-state index is 0.0277. The van der Waals surface area contributed by atoms with Crippen LogP contribution < -0.4 is 5.32 Å². The average molecular weight is 368 g/mol. The summed E-state index contributed by atoms with van der Waals surface area (Å²) < 4.78 is 0. The molecule has 5 heteroatoms. The number of carbonyl (C=O) groups is 1. The molecule has 3 rings (SSSR count). The molecule has 0 aliphatic heterocycles. The highest BCUT2D eigenvalue weighted by atomic mass is 32.2. The van der Waals surface area contributed by atoms with Crippen molar-refractivity contribution < 1.29 is 4.79 Å². The second-order valence-electron chi connectivity index (χ2n) is 7.33. The van der Waals surface area contributed by atoms with Gasteiger partial charge in [0.15, 0.2) is 0 Å². The smallest absolute Gasteiger partial charge is 0.230 e. The number of nitriles is 1. The Morgan fingerprint density at radius 2 is 2.08 bits per heavy atom. The zero-order valence-electron chi connectivity index (χ0n) is 15.6. The number of carbonyl (C=O) groups excluding carboxylic acids is 1. The highest BCUT2D eigenvalue weighted by Crippen LogP contribution is 2.28. The molecule has 0 spiro atoms. The van der Waals surface area contributed by atoms with Gasteiger partial charge in [-0.15, -0.1) is 0 Å². The summed E-state index contributed by atoms with van der Waals surface area (Å²) in [4.78, 5) is 17.0. The van der Waals surface area contributed by atoms with Crippen molar-refractivity contribution in [2.45, 2.75) is 57.5 Å². The number of hydrogen-bond acceptors (Lipinski definition) is 4. The van der Waals surface area contributed by atoms with Crippen LogP contribution in [0.15, 0.2) is 23.2 Å². The topological polar surface area (TPSA) is 65.8 Å². The summed E-state index contributed by atoms with van der Waals surface area (Å²) in [6, 6.07) is 8.52. The first-order chi connectivity index (χ1) is 12.5. The van der Waals surface area contributed by atoms with Gasteiger partial charge in [0, 0.05) is 11.4 Å². The van der Waals surface area contributed by atoms with Crippen molar-refractivity contribution in [3.05, 3.63) is 34.9 Å². The van der Waals surface area contributed by atoms with Crippen LogP contribution in [0, 0.1) is 31.1 Å². The van der Waals surface area contributed by atoms with Crippen molar-refractivity contribution in [1.29, 1.82) is 5.26 Å². The molecule has 0 bridgehead atoms. The van der Waals surface area contributed by atoms with E-state index >= 15 is 0 Å². The number of pyridine rings is 1. The Kier molecular flexibility index (Phi) is 5.83. The SMILES string of the molecule is Cc1cc(C)c2cc(C#N)c(SCC(=O)N[C@@H]3CCCC[C@@H]3C)nc2c1. The van der Waals surface area contributed by atoms with Gasteiger partial charge in [-0.25, -0.2) is 4.98 Å². The summed E-state index contributed by atoms with van der Waals surface area (Å²) in [6.45, 7) is 6.28. The molecule has 1 heterocycles. The number of aromatic nitrogens is 1. The van der Waals surface area contributed by atoms with Crippen molar-refractivity contribution >= 4 is 28.6 Å². The van der Waals surface area contributed by atoms with Crippen molar-refractivity contribution in [1.82, 2.24) is 10.3 Å². The van der Waals surface area contributed by atoms with Gasteiger partial charge in [0.05, 0.1) is 16.8 Å². The van der Waals surface area contributed by atoms with Crippen LogP contribution in [-0.2, 0) is 4.79 Å². The Morgan fingerprint density at radius 3 is 2.81 bits per heavy atom. The number of nitrogens with zero attached hydrogens (tertiary/aromatic N) is 2. The van der Waals surface area contributed by atoms with E-state index in [4.69, 9.17) is 0 Å². The Hall–Kier alpha value is -2.06. The quantitative estimate of drug-likeness (QED) is 0.808. The van der Waals surface area contributed by atoms with Gasteiger partial charge in [-0.1, -0.05) is 37.6 Å². The molecule has 1 aromatic heterocycles. The van der Waals surface area contributed by atoms with Crippen LogP contribution in [0.5, 0.6) is 0 Å². The predicted octanol–water partition coefficient (Wildman–Crippen LogP) is 4.51. The van der Waals surface area contributed by atoms with Crippen LogP contribution in [0.4, 0.5) is 0 Å². The van der Waals surface area contributed by atoms with Crippen LogP contribution in [0.3, 0.4) is 0 Å². The molecule has 1 aliphatic carbocycles. The van der Waals surface area contributed by atoms with Crippen LogP contribution in [0.2, 0.25) is 0 Å². The van der Waals surface area contributed by atoms with Crippen molar-refractivity contribution in [2.75, 3.05) is 5.75 Å². The summed E-state index contributed by atoms with van der Waals surface area (Å²) in [6.07, 6.45) is 4.69. The first-order valence-electron chi connectivity index (χ1n) is 9.22. The molecule has 1 N–H and O–H groups in total. The highest BCUT2D eigenvalue weighted by Gasteiger charge is 2.23. The largest absolute Gasteiger partial charge is 0.352 e. The summed E-state index contributed by atoms with van der Waals surface area (Å²) in [5.74, 6) is 0.860. The lowest BCUT2D eigenvalue weighted by Gasteiger charge is -2.29. The standard InChI is InChI=1S/C21H25N3OS/c1-13-8-15(3)17-10-16(11-22)21(24-19(17)9-13)26-12-20(25)23-18-7-5-4-6-14(18)2/h8-10,14,18H,4-7,12H2,1-3H3,(H,23,25)/t14-,18+/m0/s1. The second kappa shape index (κ2) is 8.09. The molecule has 2 atom stereocenters. The molecule has 1 amide bonds. The molecule has 26 heavy (non-hydrogen) atoms. The first kappa shape index (κ1) is 18.7. The van der Waals surface area contributed by atoms with Crippen LogP contribution >= 0.6 is 11.8 Å². The van der Waals surface area contributed by atoms with Crippen LogP contribution in [0.25, 0.3) is 10.9 Å². The normalized spacial score (nSPS) is 19.9. The number of hydrogen-bond donors (Lipinski definition) is 1. The molecule has 1 aromatic carbocycles. The molecule has 1 aliphatic rings. The maximum atomic E-state index is 12.4. The van der Waals surface area contributed by atoms with Gasteiger partial charge >= 0.3 is 0 Å². The molecule has 2 aromatic rings. The van der Waals surface area contributed by atoms with Gasteiger partial charge in [0.25, 0.3) is 0 Å². The number of aryl methyl sites for hydroxylation is 2. The Bertz CT molecular complexity index is 872. The lowest BCUT2D eigenvalue weighted by molar-refractivity contribution is -0.119. The third-order valence-electron chi connectivity index (χ3n) is 5.17. The Balaban J connectivity index is 1.73. The van der Waals surface area contributed by atoms with E-state index in [9.17, 15) is 10.1 Å². The van der Waals surface area contributed by atoms with E-state index in [0.29, 0.717) is 22.3 Å². The molecule has 0 unspecified atom stereocenters. The second-order valence-corrected chi connectivity index (χ2v) is 8.29. The van der Waals surface area contributed by atoms with E-state index in [1.54, 1.807) is 0 Å². The average Bonchev–Trinajstić information content (AvgIpc) is 2.61. The van der Waals surface area contributed by atoms with E-state index in [1.807, 2.05) is 26.0 Å². The fraction of sp³-hybridized carbons (Fsp3) is 0.476. The van der Waals surface area contributed by atoms with Crippen LogP contribution in [0.1, 0.15) is 49.3 Å². The highest BCUT2D eigenvalue weighted by molar-refractivity contribution is 8.00. The third-order valence-corrected chi connectivity index (χ3v) is 6.16. The maximum Gasteiger partial charge on any atom is 0.230 e. The number of rotatable bonds is 4. The molecule has 0 saturated heterocycles. The van der Waals surface area contributed by atoms with Gasteiger partial charge in [0.2, 0.25) is 5.91 Å². The number of benzene rings is 1.